The van der Waals surface area contributed by atoms with E-state index < -0.39 is 11.6 Å². The zero-order valence-electron chi connectivity index (χ0n) is 8.21. The molecular formula is C10H9F3N2S. The van der Waals surface area contributed by atoms with E-state index in [1.807, 2.05) is 0 Å². The molecule has 1 saturated carbocycles. The van der Waals surface area contributed by atoms with Crippen LogP contribution in [0.3, 0.4) is 0 Å². The maximum absolute atomic E-state index is 12.8. The van der Waals surface area contributed by atoms with Gasteiger partial charge in [0.2, 0.25) is 0 Å². The quantitative estimate of drug-likeness (QED) is 0.814. The second-order valence-corrected chi connectivity index (χ2v) is 4.31. The highest BCUT2D eigenvalue weighted by molar-refractivity contribution is 7.80. The molecule has 1 aromatic heterocycles. The second kappa shape index (κ2) is 3.41. The van der Waals surface area contributed by atoms with Crippen molar-refractivity contribution in [1.82, 2.24) is 4.98 Å². The Morgan fingerprint density at radius 2 is 2.06 bits per heavy atom. The van der Waals surface area contributed by atoms with Gasteiger partial charge in [0, 0.05) is 11.8 Å². The lowest BCUT2D eigenvalue weighted by Gasteiger charge is -2.18. The minimum absolute atomic E-state index is 0.0188. The molecule has 6 heteroatoms. The molecule has 1 heterocycles. The number of nitrogens with zero attached hydrogens (tertiary/aromatic N) is 1. The highest BCUT2D eigenvalue weighted by Crippen LogP contribution is 2.58. The van der Waals surface area contributed by atoms with Gasteiger partial charge in [-0.2, -0.15) is 13.2 Å². The van der Waals surface area contributed by atoms with Crippen LogP contribution < -0.4 is 5.73 Å². The van der Waals surface area contributed by atoms with Crippen molar-refractivity contribution in [3.8, 4) is 0 Å². The molecule has 2 nitrogen and oxygen atoms in total. The van der Waals surface area contributed by atoms with Crippen LogP contribution in [0, 0.1) is 0 Å². The Morgan fingerprint density at radius 1 is 1.44 bits per heavy atom. The fraction of sp³-hybridized carbons (Fsp3) is 0.400. The van der Waals surface area contributed by atoms with Crippen LogP contribution in [0.4, 0.5) is 13.2 Å². The summed E-state index contributed by atoms with van der Waals surface area (Å²) in [6, 6.07) is 2.85. The van der Waals surface area contributed by atoms with E-state index >= 15 is 0 Å². The van der Waals surface area contributed by atoms with Crippen molar-refractivity contribution in [3.63, 3.8) is 0 Å². The Hall–Kier alpha value is -1.17. The molecule has 86 valence electrons. The van der Waals surface area contributed by atoms with Gasteiger partial charge in [0.05, 0.1) is 5.69 Å². The molecule has 0 amide bonds. The van der Waals surface area contributed by atoms with Crippen molar-refractivity contribution in [1.29, 1.82) is 0 Å². The Kier molecular flexibility index (Phi) is 2.41. The van der Waals surface area contributed by atoms with E-state index in [2.05, 4.69) is 4.98 Å². The largest absolute Gasteiger partial charge is 0.399 e. The first-order chi connectivity index (χ1) is 7.37. The normalized spacial score (nSPS) is 18.2. The van der Waals surface area contributed by atoms with Gasteiger partial charge in [-0.05, 0) is 25.0 Å². The predicted octanol–water partition coefficient (Wildman–Crippen LogP) is 2.31. The van der Waals surface area contributed by atoms with Crippen LogP contribution in [-0.4, -0.2) is 16.1 Å². The number of halogens is 3. The fourth-order valence-corrected chi connectivity index (χ4v) is 1.78. The van der Waals surface area contributed by atoms with Crippen LogP contribution in [0.1, 0.15) is 24.1 Å². The molecule has 0 aliphatic heterocycles. The van der Waals surface area contributed by atoms with E-state index in [4.69, 9.17) is 18.0 Å². The standard InChI is InChI=1S/C10H9F3N2S/c11-10(12,13)9(2-3-9)7-5-6(8(14)16)1-4-15-7/h1,4-5H,2-3H2,(H2,14,16). The summed E-state index contributed by atoms with van der Waals surface area (Å²) in [5, 5.41) is 0. The molecule has 0 bridgehead atoms. The van der Waals surface area contributed by atoms with Crippen LogP contribution >= 0.6 is 12.2 Å². The summed E-state index contributed by atoms with van der Waals surface area (Å²) in [5.41, 5.74) is 4.05. The number of aromatic nitrogens is 1. The number of pyridine rings is 1. The molecule has 0 atom stereocenters. The summed E-state index contributed by atoms with van der Waals surface area (Å²) in [4.78, 5) is 3.87. The number of thiocarbonyl (C=S) groups is 1. The smallest absolute Gasteiger partial charge is 0.389 e. The molecule has 1 aliphatic carbocycles. The number of hydrogen-bond acceptors (Lipinski definition) is 2. The monoisotopic (exact) mass is 246 g/mol. The molecule has 1 fully saturated rings. The topological polar surface area (TPSA) is 38.9 Å². The molecule has 1 aromatic rings. The average molecular weight is 246 g/mol. The van der Waals surface area contributed by atoms with Crippen molar-refractivity contribution in [3.05, 3.63) is 29.6 Å². The van der Waals surface area contributed by atoms with Crippen molar-refractivity contribution in [2.45, 2.75) is 24.4 Å². The van der Waals surface area contributed by atoms with Gasteiger partial charge in [-0.25, -0.2) is 0 Å². The molecule has 0 aromatic carbocycles. The SMILES string of the molecule is NC(=S)c1ccnc(C2(C(F)(F)F)CC2)c1. The molecule has 1 aliphatic rings. The molecule has 2 N–H and O–H groups in total. The Balaban J connectivity index is 2.42. The van der Waals surface area contributed by atoms with Crippen molar-refractivity contribution >= 4 is 17.2 Å². The van der Waals surface area contributed by atoms with E-state index in [9.17, 15) is 13.2 Å². The highest BCUT2D eigenvalue weighted by Gasteiger charge is 2.65. The molecule has 16 heavy (non-hydrogen) atoms. The zero-order chi connectivity index (χ0) is 12.0. The molecule has 0 unspecified atom stereocenters. The van der Waals surface area contributed by atoms with Crippen LogP contribution in [0.15, 0.2) is 18.3 Å². The summed E-state index contributed by atoms with van der Waals surface area (Å²) in [6.45, 7) is 0. The van der Waals surface area contributed by atoms with E-state index in [0.717, 1.165) is 0 Å². The number of rotatable bonds is 2. The summed E-state index contributed by atoms with van der Waals surface area (Å²) >= 11 is 4.73. The van der Waals surface area contributed by atoms with E-state index in [1.165, 1.54) is 18.3 Å². The van der Waals surface area contributed by atoms with Gasteiger partial charge >= 0.3 is 6.18 Å². The first-order valence-corrected chi connectivity index (χ1v) is 5.11. The third kappa shape index (κ3) is 1.67. The van der Waals surface area contributed by atoms with Gasteiger partial charge in [0.25, 0.3) is 0 Å². The van der Waals surface area contributed by atoms with Crippen LogP contribution in [0.25, 0.3) is 0 Å². The molecule has 0 radical (unpaired) electrons. The van der Waals surface area contributed by atoms with Crippen LogP contribution in [0.2, 0.25) is 0 Å². The fourth-order valence-electron chi connectivity index (χ4n) is 1.66. The van der Waals surface area contributed by atoms with Gasteiger partial charge in [0.1, 0.15) is 10.4 Å². The second-order valence-electron chi connectivity index (χ2n) is 3.87. The lowest BCUT2D eigenvalue weighted by atomic mass is 9.99. The first-order valence-electron chi connectivity index (χ1n) is 4.70. The average Bonchev–Trinajstić information content (AvgIpc) is 2.97. The molecule has 0 spiro atoms. The maximum atomic E-state index is 12.8. The third-order valence-electron chi connectivity index (χ3n) is 2.83. The third-order valence-corrected chi connectivity index (χ3v) is 3.06. The van der Waals surface area contributed by atoms with E-state index in [1.54, 1.807) is 0 Å². The molecular weight excluding hydrogens is 237 g/mol. The number of nitrogens with two attached hydrogens (primary N) is 1. The highest BCUT2D eigenvalue weighted by atomic mass is 32.1. The van der Waals surface area contributed by atoms with Crippen molar-refractivity contribution < 1.29 is 13.2 Å². The van der Waals surface area contributed by atoms with Crippen LogP contribution in [0.5, 0.6) is 0 Å². The van der Waals surface area contributed by atoms with Crippen molar-refractivity contribution in [2.24, 2.45) is 5.73 Å². The van der Waals surface area contributed by atoms with E-state index in [0.29, 0.717) is 5.56 Å². The van der Waals surface area contributed by atoms with Gasteiger partial charge in [-0.1, -0.05) is 12.2 Å². The molecule has 0 saturated heterocycles. The van der Waals surface area contributed by atoms with E-state index in [-0.39, 0.29) is 23.5 Å². The number of hydrogen-bond donors (Lipinski definition) is 1. The Labute approximate surface area is 95.7 Å². The summed E-state index contributed by atoms with van der Waals surface area (Å²) < 4.78 is 38.4. The Bertz CT molecular complexity index is 438. The maximum Gasteiger partial charge on any atom is 0.399 e. The first kappa shape index (κ1) is 11.3. The minimum atomic E-state index is -4.26. The predicted molar refractivity (Wildman–Crippen MR) is 57.1 cm³/mol. The number of alkyl halides is 3. The van der Waals surface area contributed by atoms with Gasteiger partial charge in [-0.3, -0.25) is 4.98 Å². The summed E-state index contributed by atoms with van der Waals surface area (Å²) in [5.74, 6) is 0. The lowest BCUT2D eigenvalue weighted by molar-refractivity contribution is -0.161. The summed E-state index contributed by atoms with van der Waals surface area (Å²) in [6.07, 6.45) is -2.76. The molecule has 2 rings (SSSR count). The van der Waals surface area contributed by atoms with Gasteiger partial charge in [-0.15, -0.1) is 0 Å². The summed E-state index contributed by atoms with van der Waals surface area (Å²) in [7, 11) is 0. The van der Waals surface area contributed by atoms with Gasteiger partial charge in [0.15, 0.2) is 0 Å². The van der Waals surface area contributed by atoms with Crippen LogP contribution in [-0.2, 0) is 5.41 Å². The van der Waals surface area contributed by atoms with Gasteiger partial charge < -0.3 is 5.73 Å². The lowest BCUT2D eigenvalue weighted by Crippen LogP contribution is -2.30. The zero-order valence-corrected chi connectivity index (χ0v) is 9.03. The minimum Gasteiger partial charge on any atom is -0.389 e. The van der Waals surface area contributed by atoms with Crippen molar-refractivity contribution in [2.75, 3.05) is 0 Å². The Morgan fingerprint density at radius 3 is 2.50 bits per heavy atom.